The molecule has 1 atom stereocenters. The van der Waals surface area contributed by atoms with E-state index < -0.39 is 0 Å². The van der Waals surface area contributed by atoms with E-state index in [9.17, 15) is 0 Å². The van der Waals surface area contributed by atoms with Crippen molar-refractivity contribution >= 4 is 0 Å². The summed E-state index contributed by atoms with van der Waals surface area (Å²) in [4.78, 5) is 0. The Balaban J connectivity index is 0. The van der Waals surface area contributed by atoms with Crippen molar-refractivity contribution in [2.75, 3.05) is 6.61 Å². The highest BCUT2D eigenvalue weighted by atomic mass is 16.3. The van der Waals surface area contributed by atoms with Crippen LogP contribution in [0, 0.1) is 5.92 Å². The van der Waals surface area contributed by atoms with Crippen LogP contribution < -0.4 is 0 Å². The van der Waals surface area contributed by atoms with Gasteiger partial charge in [-0.05, 0) is 18.8 Å². The van der Waals surface area contributed by atoms with Gasteiger partial charge in [-0.3, -0.25) is 0 Å². The standard InChI is InChI=1S/C8H16O.C2H4/c1-3-5-6-8(4-2)7-9;1-2/h3,8-9H,1,4-7H2,2H3;1-2H2. The molecule has 0 heterocycles. The summed E-state index contributed by atoms with van der Waals surface area (Å²) in [6.07, 6.45) is 5.08. The van der Waals surface area contributed by atoms with Gasteiger partial charge in [0, 0.05) is 6.61 Å². The van der Waals surface area contributed by atoms with Gasteiger partial charge in [-0.1, -0.05) is 19.4 Å². The normalized spacial score (nSPS) is 11.1. The lowest BCUT2D eigenvalue weighted by Gasteiger charge is -2.07. The molecular weight excluding hydrogens is 136 g/mol. The Morgan fingerprint density at radius 2 is 2.00 bits per heavy atom. The Morgan fingerprint density at radius 1 is 1.45 bits per heavy atom. The summed E-state index contributed by atoms with van der Waals surface area (Å²) in [7, 11) is 0. The molecule has 0 saturated carbocycles. The Morgan fingerprint density at radius 3 is 2.27 bits per heavy atom. The van der Waals surface area contributed by atoms with Crippen LogP contribution in [-0.4, -0.2) is 11.7 Å². The average molecular weight is 156 g/mol. The van der Waals surface area contributed by atoms with Crippen LogP contribution in [0.5, 0.6) is 0 Å². The molecule has 1 nitrogen and oxygen atoms in total. The van der Waals surface area contributed by atoms with Crippen LogP contribution in [-0.2, 0) is 0 Å². The molecular formula is C10H20O. The minimum atomic E-state index is 0.324. The molecule has 0 rings (SSSR count). The molecule has 1 heteroatoms. The first-order valence-electron chi connectivity index (χ1n) is 4.06. The van der Waals surface area contributed by atoms with Crippen molar-refractivity contribution in [3.8, 4) is 0 Å². The second-order valence-corrected chi connectivity index (χ2v) is 2.32. The number of hydrogen-bond acceptors (Lipinski definition) is 1. The third-order valence-corrected chi connectivity index (χ3v) is 1.61. The maximum Gasteiger partial charge on any atom is 0.0459 e. The highest BCUT2D eigenvalue weighted by Gasteiger charge is 2.00. The highest BCUT2D eigenvalue weighted by molar-refractivity contribution is 4.68. The fraction of sp³-hybridized carbons (Fsp3) is 0.600. The monoisotopic (exact) mass is 156 g/mol. The van der Waals surface area contributed by atoms with Crippen molar-refractivity contribution in [2.45, 2.75) is 26.2 Å². The summed E-state index contributed by atoms with van der Waals surface area (Å²) >= 11 is 0. The van der Waals surface area contributed by atoms with E-state index in [0.29, 0.717) is 12.5 Å². The summed E-state index contributed by atoms with van der Waals surface area (Å²) in [5.74, 6) is 0.489. The molecule has 0 fully saturated rings. The van der Waals surface area contributed by atoms with Gasteiger partial charge < -0.3 is 5.11 Å². The van der Waals surface area contributed by atoms with E-state index in [-0.39, 0.29) is 0 Å². The van der Waals surface area contributed by atoms with Gasteiger partial charge in [-0.2, -0.15) is 0 Å². The van der Waals surface area contributed by atoms with Crippen LogP contribution in [0.1, 0.15) is 26.2 Å². The largest absolute Gasteiger partial charge is 0.396 e. The van der Waals surface area contributed by atoms with Gasteiger partial charge in [-0.25, -0.2) is 0 Å². The third-order valence-electron chi connectivity index (χ3n) is 1.61. The zero-order valence-corrected chi connectivity index (χ0v) is 7.55. The van der Waals surface area contributed by atoms with E-state index in [1.54, 1.807) is 0 Å². The van der Waals surface area contributed by atoms with E-state index in [0.717, 1.165) is 19.3 Å². The first kappa shape index (κ1) is 13.1. The fourth-order valence-electron chi connectivity index (χ4n) is 0.778. The quantitative estimate of drug-likeness (QED) is 0.607. The van der Waals surface area contributed by atoms with Crippen molar-refractivity contribution in [1.82, 2.24) is 0 Å². The SMILES string of the molecule is C=C.C=CCCC(CC)CO. The molecule has 0 saturated heterocycles. The molecule has 0 aromatic carbocycles. The summed E-state index contributed by atoms with van der Waals surface area (Å²) in [6, 6.07) is 0. The van der Waals surface area contributed by atoms with Crippen molar-refractivity contribution in [3.05, 3.63) is 25.8 Å². The second-order valence-electron chi connectivity index (χ2n) is 2.32. The van der Waals surface area contributed by atoms with Crippen LogP contribution in [0.2, 0.25) is 0 Å². The van der Waals surface area contributed by atoms with Gasteiger partial charge in [0.2, 0.25) is 0 Å². The fourth-order valence-corrected chi connectivity index (χ4v) is 0.778. The highest BCUT2D eigenvalue weighted by Crippen LogP contribution is 2.09. The van der Waals surface area contributed by atoms with Crippen LogP contribution in [0.25, 0.3) is 0 Å². The predicted octanol–water partition coefficient (Wildman–Crippen LogP) is 2.77. The topological polar surface area (TPSA) is 20.2 Å². The van der Waals surface area contributed by atoms with E-state index in [1.165, 1.54) is 0 Å². The number of rotatable bonds is 5. The van der Waals surface area contributed by atoms with E-state index in [4.69, 9.17) is 5.11 Å². The summed E-state index contributed by atoms with van der Waals surface area (Å²) in [5.41, 5.74) is 0. The molecule has 1 unspecified atom stereocenters. The smallest absolute Gasteiger partial charge is 0.0459 e. The van der Waals surface area contributed by atoms with Crippen LogP contribution in [0.3, 0.4) is 0 Å². The van der Waals surface area contributed by atoms with Crippen molar-refractivity contribution in [3.63, 3.8) is 0 Å². The first-order valence-corrected chi connectivity index (χ1v) is 4.06. The maximum atomic E-state index is 8.72. The minimum Gasteiger partial charge on any atom is -0.396 e. The molecule has 0 aliphatic carbocycles. The number of aliphatic hydroxyl groups is 1. The molecule has 66 valence electrons. The lowest BCUT2D eigenvalue weighted by atomic mass is 10.0. The van der Waals surface area contributed by atoms with E-state index >= 15 is 0 Å². The van der Waals surface area contributed by atoms with Gasteiger partial charge in [0.25, 0.3) is 0 Å². The minimum absolute atomic E-state index is 0.324. The number of hydrogen-bond donors (Lipinski definition) is 1. The number of aliphatic hydroxyl groups excluding tert-OH is 1. The van der Waals surface area contributed by atoms with Gasteiger partial charge in [0.05, 0.1) is 0 Å². The maximum absolute atomic E-state index is 8.72. The number of allylic oxidation sites excluding steroid dienone is 1. The van der Waals surface area contributed by atoms with Gasteiger partial charge in [-0.15, -0.1) is 19.7 Å². The van der Waals surface area contributed by atoms with Crippen LogP contribution in [0.4, 0.5) is 0 Å². The molecule has 0 aliphatic rings. The van der Waals surface area contributed by atoms with E-state index in [1.807, 2.05) is 6.08 Å². The molecule has 0 aromatic heterocycles. The Hall–Kier alpha value is -0.560. The lowest BCUT2D eigenvalue weighted by Crippen LogP contribution is -2.02. The molecule has 11 heavy (non-hydrogen) atoms. The summed E-state index contributed by atoms with van der Waals surface area (Å²) in [5, 5.41) is 8.72. The Bertz CT molecular complexity index is 74.9. The zero-order chi connectivity index (χ0) is 9.11. The van der Waals surface area contributed by atoms with Gasteiger partial charge in [0.1, 0.15) is 0 Å². The predicted molar refractivity (Wildman–Crippen MR) is 51.6 cm³/mol. The average Bonchev–Trinajstić information content (AvgIpc) is 2.10. The summed E-state index contributed by atoms with van der Waals surface area (Å²) in [6.45, 7) is 12.0. The third kappa shape index (κ3) is 9.44. The molecule has 0 bridgehead atoms. The first-order chi connectivity index (χ1) is 5.35. The summed E-state index contributed by atoms with van der Waals surface area (Å²) < 4.78 is 0. The van der Waals surface area contributed by atoms with Gasteiger partial charge >= 0.3 is 0 Å². The van der Waals surface area contributed by atoms with Crippen LogP contribution >= 0.6 is 0 Å². The van der Waals surface area contributed by atoms with Crippen molar-refractivity contribution in [1.29, 1.82) is 0 Å². The molecule has 0 aromatic rings. The van der Waals surface area contributed by atoms with Crippen molar-refractivity contribution in [2.24, 2.45) is 5.92 Å². The molecule has 0 amide bonds. The molecule has 0 spiro atoms. The Labute approximate surface area is 70.4 Å². The van der Waals surface area contributed by atoms with Crippen LogP contribution in [0.15, 0.2) is 25.8 Å². The lowest BCUT2D eigenvalue weighted by molar-refractivity contribution is 0.216. The molecule has 0 radical (unpaired) electrons. The molecule has 1 N–H and O–H groups in total. The molecule has 0 aliphatic heterocycles. The van der Waals surface area contributed by atoms with Crippen molar-refractivity contribution < 1.29 is 5.11 Å². The Kier molecular flexibility index (Phi) is 14.4. The zero-order valence-electron chi connectivity index (χ0n) is 7.55. The van der Waals surface area contributed by atoms with Gasteiger partial charge in [0.15, 0.2) is 0 Å². The second kappa shape index (κ2) is 12.1. The van der Waals surface area contributed by atoms with E-state index in [2.05, 4.69) is 26.7 Å².